The van der Waals surface area contributed by atoms with Gasteiger partial charge >= 0.3 is 0 Å². The molecule has 0 spiro atoms. The molecule has 4 nitrogen and oxygen atoms in total. The minimum atomic E-state index is 0.295. The van der Waals surface area contributed by atoms with Crippen LogP contribution in [0.5, 0.6) is 0 Å². The van der Waals surface area contributed by atoms with Crippen molar-refractivity contribution >= 4 is 5.91 Å². The minimum absolute atomic E-state index is 0.295. The Morgan fingerprint density at radius 2 is 1.94 bits per heavy atom. The predicted molar refractivity (Wildman–Crippen MR) is 73.2 cm³/mol. The third kappa shape index (κ3) is 2.86. The van der Waals surface area contributed by atoms with Crippen molar-refractivity contribution in [2.24, 2.45) is 17.6 Å². The van der Waals surface area contributed by atoms with Crippen LogP contribution in [0.2, 0.25) is 0 Å². The van der Waals surface area contributed by atoms with Gasteiger partial charge in [-0.15, -0.1) is 0 Å². The molecule has 104 valence electrons. The van der Waals surface area contributed by atoms with E-state index in [4.69, 9.17) is 5.73 Å². The van der Waals surface area contributed by atoms with Crippen LogP contribution < -0.4 is 5.73 Å². The van der Waals surface area contributed by atoms with E-state index in [0.717, 1.165) is 32.6 Å². The van der Waals surface area contributed by atoms with E-state index in [-0.39, 0.29) is 0 Å². The van der Waals surface area contributed by atoms with Gasteiger partial charge in [0.15, 0.2) is 0 Å². The number of amides is 1. The molecule has 0 radical (unpaired) electrons. The molecule has 1 aliphatic carbocycles. The maximum Gasteiger partial charge on any atom is 0.226 e. The average molecular weight is 253 g/mol. The second-order valence-electron chi connectivity index (χ2n) is 5.96. The lowest BCUT2D eigenvalue weighted by molar-refractivity contribution is -0.138. The Morgan fingerprint density at radius 3 is 2.44 bits per heavy atom. The fourth-order valence-corrected chi connectivity index (χ4v) is 3.28. The summed E-state index contributed by atoms with van der Waals surface area (Å²) in [7, 11) is 0. The molecule has 2 aliphatic rings. The van der Waals surface area contributed by atoms with Gasteiger partial charge in [-0.1, -0.05) is 13.3 Å². The van der Waals surface area contributed by atoms with Gasteiger partial charge < -0.3 is 10.6 Å². The lowest BCUT2D eigenvalue weighted by Gasteiger charge is -2.39. The Kier molecular flexibility index (Phi) is 4.62. The van der Waals surface area contributed by atoms with Gasteiger partial charge in [0, 0.05) is 44.7 Å². The van der Waals surface area contributed by atoms with Crippen molar-refractivity contribution < 1.29 is 4.79 Å². The van der Waals surface area contributed by atoms with Gasteiger partial charge in [-0.05, 0) is 25.7 Å². The Balaban J connectivity index is 1.84. The van der Waals surface area contributed by atoms with Crippen LogP contribution in [0.3, 0.4) is 0 Å². The molecule has 4 heteroatoms. The number of carbonyl (C=O) groups excluding carboxylic acids is 1. The van der Waals surface area contributed by atoms with Crippen molar-refractivity contribution in [1.82, 2.24) is 9.80 Å². The van der Waals surface area contributed by atoms with Crippen molar-refractivity contribution in [3.05, 3.63) is 0 Å². The van der Waals surface area contributed by atoms with Crippen molar-refractivity contribution in [2.75, 3.05) is 32.7 Å². The van der Waals surface area contributed by atoms with Crippen molar-refractivity contribution in [3.63, 3.8) is 0 Å². The van der Waals surface area contributed by atoms with Crippen LogP contribution in [0.4, 0.5) is 0 Å². The minimum Gasteiger partial charge on any atom is -0.340 e. The fraction of sp³-hybridized carbons (Fsp3) is 0.929. The molecule has 1 aliphatic heterocycles. The SMILES string of the molecule is CC1CCCC1C(=O)N1CCN(C(C)CN)CC1. The van der Waals surface area contributed by atoms with Crippen molar-refractivity contribution in [2.45, 2.75) is 39.2 Å². The van der Waals surface area contributed by atoms with Crippen LogP contribution in [0.25, 0.3) is 0 Å². The lowest BCUT2D eigenvalue weighted by Crippen LogP contribution is -2.54. The van der Waals surface area contributed by atoms with E-state index in [1.54, 1.807) is 0 Å². The second kappa shape index (κ2) is 6.02. The first kappa shape index (κ1) is 13.8. The molecule has 2 N–H and O–H groups in total. The first-order chi connectivity index (χ1) is 8.63. The summed E-state index contributed by atoms with van der Waals surface area (Å²) in [5.74, 6) is 1.28. The number of hydrogen-bond acceptors (Lipinski definition) is 3. The molecular weight excluding hydrogens is 226 g/mol. The molecule has 3 atom stereocenters. The summed E-state index contributed by atoms with van der Waals surface area (Å²) in [5.41, 5.74) is 5.69. The van der Waals surface area contributed by atoms with E-state index in [1.807, 2.05) is 0 Å². The highest BCUT2D eigenvalue weighted by molar-refractivity contribution is 5.79. The topological polar surface area (TPSA) is 49.6 Å². The highest BCUT2D eigenvalue weighted by Crippen LogP contribution is 2.32. The van der Waals surface area contributed by atoms with Gasteiger partial charge in [-0.25, -0.2) is 0 Å². The molecule has 1 saturated heterocycles. The monoisotopic (exact) mass is 253 g/mol. The third-order valence-corrected chi connectivity index (χ3v) is 4.77. The molecule has 0 aromatic rings. The summed E-state index contributed by atoms with van der Waals surface area (Å²) in [6, 6.07) is 0.438. The summed E-state index contributed by atoms with van der Waals surface area (Å²) >= 11 is 0. The average Bonchev–Trinajstić information content (AvgIpc) is 2.83. The maximum atomic E-state index is 12.4. The normalized spacial score (nSPS) is 31.6. The zero-order valence-corrected chi connectivity index (χ0v) is 11.8. The van der Waals surface area contributed by atoms with Gasteiger partial charge in [-0.2, -0.15) is 0 Å². The van der Waals surface area contributed by atoms with E-state index in [1.165, 1.54) is 12.8 Å². The zero-order chi connectivity index (χ0) is 13.1. The van der Waals surface area contributed by atoms with Gasteiger partial charge in [0.25, 0.3) is 0 Å². The van der Waals surface area contributed by atoms with Crippen molar-refractivity contribution in [1.29, 1.82) is 0 Å². The van der Waals surface area contributed by atoms with Gasteiger partial charge in [-0.3, -0.25) is 9.69 Å². The summed E-state index contributed by atoms with van der Waals surface area (Å²) in [4.78, 5) is 16.9. The van der Waals surface area contributed by atoms with Crippen LogP contribution >= 0.6 is 0 Å². The number of rotatable bonds is 3. The smallest absolute Gasteiger partial charge is 0.226 e. The third-order valence-electron chi connectivity index (χ3n) is 4.77. The standard InChI is InChI=1S/C14H27N3O/c1-11-4-3-5-13(11)14(18)17-8-6-16(7-9-17)12(2)10-15/h11-13H,3-10,15H2,1-2H3. The molecule has 2 rings (SSSR count). The summed E-state index contributed by atoms with van der Waals surface area (Å²) in [5, 5.41) is 0. The van der Waals surface area contributed by atoms with E-state index in [0.29, 0.717) is 30.3 Å². The Labute approximate surface area is 110 Å². The summed E-state index contributed by atoms with van der Waals surface area (Å²) in [6.45, 7) is 8.81. The molecule has 1 amide bonds. The van der Waals surface area contributed by atoms with Gasteiger partial charge in [0.2, 0.25) is 5.91 Å². The molecule has 0 bridgehead atoms. The zero-order valence-electron chi connectivity index (χ0n) is 11.8. The quantitative estimate of drug-likeness (QED) is 0.813. The highest BCUT2D eigenvalue weighted by atomic mass is 16.2. The largest absolute Gasteiger partial charge is 0.340 e. The van der Waals surface area contributed by atoms with Gasteiger partial charge in [0.1, 0.15) is 0 Å². The molecular formula is C14H27N3O. The first-order valence-electron chi connectivity index (χ1n) is 7.36. The van der Waals surface area contributed by atoms with E-state index in [9.17, 15) is 4.79 Å². The van der Waals surface area contributed by atoms with Crippen LogP contribution in [-0.4, -0.2) is 54.5 Å². The van der Waals surface area contributed by atoms with E-state index in [2.05, 4.69) is 23.6 Å². The summed E-state index contributed by atoms with van der Waals surface area (Å²) in [6.07, 6.45) is 3.54. The van der Waals surface area contributed by atoms with E-state index < -0.39 is 0 Å². The van der Waals surface area contributed by atoms with Crippen LogP contribution in [0.15, 0.2) is 0 Å². The molecule has 0 aromatic carbocycles. The number of hydrogen-bond donors (Lipinski definition) is 1. The molecule has 3 unspecified atom stereocenters. The first-order valence-corrected chi connectivity index (χ1v) is 7.36. The Hall–Kier alpha value is -0.610. The number of nitrogens with two attached hydrogens (primary N) is 1. The second-order valence-corrected chi connectivity index (χ2v) is 5.96. The van der Waals surface area contributed by atoms with Crippen LogP contribution in [-0.2, 0) is 4.79 Å². The maximum absolute atomic E-state index is 12.4. The van der Waals surface area contributed by atoms with Crippen LogP contribution in [0, 0.1) is 11.8 Å². The molecule has 1 heterocycles. The molecule has 2 fully saturated rings. The number of nitrogens with zero attached hydrogens (tertiary/aromatic N) is 2. The lowest BCUT2D eigenvalue weighted by atomic mass is 9.96. The molecule has 1 saturated carbocycles. The van der Waals surface area contributed by atoms with E-state index >= 15 is 0 Å². The fourth-order valence-electron chi connectivity index (χ4n) is 3.28. The Bertz CT molecular complexity index is 287. The highest BCUT2D eigenvalue weighted by Gasteiger charge is 2.34. The van der Waals surface area contributed by atoms with Gasteiger partial charge in [0.05, 0.1) is 0 Å². The Morgan fingerprint density at radius 1 is 1.28 bits per heavy atom. The van der Waals surface area contributed by atoms with Crippen molar-refractivity contribution in [3.8, 4) is 0 Å². The molecule has 0 aromatic heterocycles. The number of piperazine rings is 1. The molecule has 18 heavy (non-hydrogen) atoms. The predicted octanol–water partition coefficient (Wildman–Crippen LogP) is 0.914. The summed E-state index contributed by atoms with van der Waals surface area (Å²) < 4.78 is 0. The number of carbonyl (C=O) groups is 1. The van der Waals surface area contributed by atoms with Crippen LogP contribution in [0.1, 0.15) is 33.1 Å².